The molecule has 0 spiro atoms. The van der Waals surface area contributed by atoms with Gasteiger partial charge in [0, 0.05) is 11.3 Å². The van der Waals surface area contributed by atoms with Crippen LogP contribution in [0.5, 0.6) is 0 Å². The normalized spacial score (nSPS) is 19.5. The molecule has 0 radical (unpaired) electrons. The maximum absolute atomic E-state index is 13.8. The molecule has 1 N–H and O–H groups in total. The quantitative estimate of drug-likeness (QED) is 0.809. The summed E-state index contributed by atoms with van der Waals surface area (Å²) in [5.41, 5.74) is 3.17. The minimum absolute atomic E-state index is 0.0119. The molecular formula is C19H20FN3O2S. The molecule has 1 saturated heterocycles. The van der Waals surface area contributed by atoms with Crippen LogP contribution in [0, 0.1) is 5.82 Å². The monoisotopic (exact) mass is 373 g/mol. The summed E-state index contributed by atoms with van der Waals surface area (Å²) >= 11 is 0. The first-order chi connectivity index (χ1) is 12.6. The highest BCUT2D eigenvalue weighted by atomic mass is 32.2. The third kappa shape index (κ3) is 3.37. The van der Waals surface area contributed by atoms with E-state index < -0.39 is 10.7 Å². The molecule has 0 bridgehead atoms. The SMILES string of the molecule is O=[SH](=O)Cc1cccc2c1CN(c1cccc(F)c1)C([C@@H]1CCCN1)=N2. The summed E-state index contributed by atoms with van der Waals surface area (Å²) < 4.78 is 36.3. The van der Waals surface area contributed by atoms with Gasteiger partial charge in [0.05, 0.1) is 24.0 Å². The number of anilines is 1. The molecular weight excluding hydrogens is 353 g/mol. The van der Waals surface area contributed by atoms with Gasteiger partial charge in [-0.3, -0.25) is 0 Å². The Kier molecular flexibility index (Phi) is 4.74. The van der Waals surface area contributed by atoms with Gasteiger partial charge in [-0.1, -0.05) is 18.2 Å². The van der Waals surface area contributed by atoms with Crippen LogP contribution in [0.15, 0.2) is 47.5 Å². The average molecular weight is 373 g/mol. The number of nitrogens with one attached hydrogen (secondary N) is 1. The molecule has 1 fully saturated rings. The van der Waals surface area contributed by atoms with E-state index in [2.05, 4.69) is 5.32 Å². The second-order valence-electron chi connectivity index (χ2n) is 6.59. The van der Waals surface area contributed by atoms with Crippen molar-refractivity contribution in [1.29, 1.82) is 0 Å². The summed E-state index contributed by atoms with van der Waals surface area (Å²) in [4.78, 5) is 6.84. The third-order valence-corrected chi connectivity index (χ3v) is 5.47. The molecule has 0 amide bonds. The Morgan fingerprint density at radius 2 is 2.08 bits per heavy atom. The van der Waals surface area contributed by atoms with Crippen molar-refractivity contribution >= 4 is 27.9 Å². The molecule has 2 aliphatic heterocycles. The highest BCUT2D eigenvalue weighted by Gasteiger charge is 2.30. The minimum atomic E-state index is -2.52. The maximum atomic E-state index is 13.8. The van der Waals surface area contributed by atoms with Crippen molar-refractivity contribution in [2.75, 3.05) is 11.4 Å². The Morgan fingerprint density at radius 3 is 2.81 bits per heavy atom. The van der Waals surface area contributed by atoms with Gasteiger partial charge in [0.2, 0.25) is 0 Å². The van der Waals surface area contributed by atoms with Crippen LogP contribution in [0.3, 0.4) is 0 Å². The summed E-state index contributed by atoms with van der Waals surface area (Å²) in [7, 11) is -2.52. The first kappa shape index (κ1) is 17.2. The summed E-state index contributed by atoms with van der Waals surface area (Å²) in [6.45, 7) is 1.42. The molecule has 2 heterocycles. The van der Waals surface area contributed by atoms with Crippen LogP contribution >= 0.6 is 0 Å². The Hall–Kier alpha value is -2.25. The number of rotatable bonds is 4. The van der Waals surface area contributed by atoms with Crippen molar-refractivity contribution < 1.29 is 12.8 Å². The lowest BCUT2D eigenvalue weighted by Crippen LogP contribution is -2.45. The Bertz CT molecular complexity index is 928. The van der Waals surface area contributed by atoms with Gasteiger partial charge >= 0.3 is 0 Å². The van der Waals surface area contributed by atoms with Gasteiger partial charge < -0.3 is 10.2 Å². The van der Waals surface area contributed by atoms with Gasteiger partial charge in [0.25, 0.3) is 0 Å². The molecule has 0 aliphatic carbocycles. The Balaban J connectivity index is 1.82. The smallest absolute Gasteiger partial charge is 0.144 e. The van der Waals surface area contributed by atoms with Crippen molar-refractivity contribution in [1.82, 2.24) is 5.32 Å². The molecule has 26 heavy (non-hydrogen) atoms. The number of hydrogen-bond acceptors (Lipinski definition) is 5. The van der Waals surface area contributed by atoms with Gasteiger partial charge in [-0.15, -0.1) is 0 Å². The molecule has 4 rings (SSSR count). The molecule has 2 aliphatic rings. The van der Waals surface area contributed by atoms with Crippen LogP contribution in [0.1, 0.15) is 24.0 Å². The number of halogens is 1. The van der Waals surface area contributed by atoms with E-state index >= 15 is 0 Å². The molecule has 7 heteroatoms. The predicted molar refractivity (Wildman–Crippen MR) is 101 cm³/mol. The standard InChI is InChI=1S/C19H20FN3O2S/c20-14-5-2-6-15(10-14)23-11-16-13(12-26(24)25)4-1-7-17(16)22-19(23)18-8-3-9-21-18/h1-2,4-7,10,18,21,26H,3,8-9,11-12H2/t18-/m0/s1. The van der Waals surface area contributed by atoms with Crippen LogP contribution in [0.4, 0.5) is 15.8 Å². The second-order valence-corrected chi connectivity index (χ2v) is 7.57. The van der Waals surface area contributed by atoms with Gasteiger partial charge in [-0.2, -0.15) is 0 Å². The highest BCUT2D eigenvalue weighted by Crippen LogP contribution is 2.34. The van der Waals surface area contributed by atoms with E-state index in [1.165, 1.54) is 12.1 Å². The fraction of sp³-hybridized carbons (Fsp3) is 0.316. The molecule has 0 unspecified atom stereocenters. The summed E-state index contributed by atoms with van der Waals surface area (Å²) in [6, 6.07) is 12.1. The molecule has 2 aromatic carbocycles. The lowest BCUT2D eigenvalue weighted by Gasteiger charge is -2.34. The van der Waals surface area contributed by atoms with Crippen LogP contribution in [0.2, 0.25) is 0 Å². The van der Waals surface area contributed by atoms with Gasteiger partial charge in [0.15, 0.2) is 0 Å². The Morgan fingerprint density at radius 1 is 1.23 bits per heavy atom. The molecule has 0 saturated carbocycles. The van der Waals surface area contributed by atoms with Crippen molar-refractivity contribution in [3.05, 3.63) is 59.4 Å². The average Bonchev–Trinajstić information content (AvgIpc) is 3.15. The zero-order valence-corrected chi connectivity index (χ0v) is 15.1. The van der Waals surface area contributed by atoms with E-state index in [-0.39, 0.29) is 17.6 Å². The summed E-state index contributed by atoms with van der Waals surface area (Å²) in [5.74, 6) is 0.550. The predicted octanol–water partition coefficient (Wildman–Crippen LogP) is 2.74. The van der Waals surface area contributed by atoms with E-state index in [1.807, 2.05) is 29.2 Å². The fourth-order valence-electron chi connectivity index (χ4n) is 3.66. The lowest BCUT2D eigenvalue weighted by molar-refractivity contribution is 0.613. The van der Waals surface area contributed by atoms with Crippen molar-refractivity contribution in [3.63, 3.8) is 0 Å². The summed E-state index contributed by atoms with van der Waals surface area (Å²) in [6.07, 6.45) is 2.05. The maximum Gasteiger partial charge on any atom is 0.144 e. The number of nitrogens with zero attached hydrogens (tertiary/aromatic N) is 2. The zero-order valence-electron chi connectivity index (χ0n) is 14.2. The van der Waals surface area contributed by atoms with Crippen LogP contribution < -0.4 is 10.2 Å². The number of fused-ring (bicyclic) bond motifs is 1. The Labute approximate surface area is 153 Å². The number of aliphatic imine (C=N–C) groups is 1. The van der Waals surface area contributed by atoms with E-state index in [4.69, 9.17) is 4.99 Å². The number of thiol groups is 1. The zero-order chi connectivity index (χ0) is 18.1. The second kappa shape index (κ2) is 7.17. The van der Waals surface area contributed by atoms with E-state index in [1.54, 1.807) is 6.07 Å². The van der Waals surface area contributed by atoms with E-state index in [0.717, 1.165) is 47.7 Å². The van der Waals surface area contributed by atoms with Crippen LogP contribution in [-0.4, -0.2) is 26.8 Å². The van der Waals surface area contributed by atoms with Crippen molar-refractivity contribution in [2.45, 2.75) is 31.2 Å². The molecule has 136 valence electrons. The molecule has 2 aromatic rings. The highest BCUT2D eigenvalue weighted by molar-refractivity contribution is 7.71. The molecule has 0 aromatic heterocycles. The van der Waals surface area contributed by atoms with Gasteiger partial charge in [0.1, 0.15) is 22.4 Å². The third-order valence-electron chi connectivity index (χ3n) is 4.87. The molecule has 1 atom stereocenters. The summed E-state index contributed by atoms with van der Waals surface area (Å²) in [5, 5.41) is 3.46. The van der Waals surface area contributed by atoms with Gasteiger partial charge in [-0.05, 0) is 49.2 Å². The number of amidine groups is 1. The first-order valence-electron chi connectivity index (χ1n) is 8.69. The number of hydrogen-bond donors (Lipinski definition) is 2. The van der Waals surface area contributed by atoms with Gasteiger partial charge in [-0.25, -0.2) is 17.8 Å². The molecule has 5 nitrogen and oxygen atoms in total. The lowest BCUT2D eigenvalue weighted by atomic mass is 10.0. The van der Waals surface area contributed by atoms with Crippen LogP contribution in [0.25, 0.3) is 0 Å². The number of benzene rings is 2. The van der Waals surface area contributed by atoms with Crippen molar-refractivity contribution in [3.8, 4) is 0 Å². The van der Waals surface area contributed by atoms with E-state index in [0.29, 0.717) is 6.54 Å². The van der Waals surface area contributed by atoms with Crippen LogP contribution in [-0.2, 0) is 23.0 Å². The first-order valence-corrected chi connectivity index (χ1v) is 10.1. The minimum Gasteiger partial charge on any atom is -0.324 e. The fourth-order valence-corrected chi connectivity index (χ4v) is 4.23. The topological polar surface area (TPSA) is 61.8 Å². The van der Waals surface area contributed by atoms with E-state index in [9.17, 15) is 12.8 Å². The largest absolute Gasteiger partial charge is 0.324 e. The van der Waals surface area contributed by atoms with Crippen molar-refractivity contribution in [2.24, 2.45) is 4.99 Å².